The Labute approximate surface area is 89.9 Å². The minimum atomic E-state index is 0.352. The predicted molar refractivity (Wildman–Crippen MR) is 53.0 cm³/mol. The summed E-state index contributed by atoms with van der Waals surface area (Å²) in [5.74, 6) is 0.862. The van der Waals surface area contributed by atoms with E-state index in [2.05, 4.69) is 30.6 Å². The second-order valence-electron chi connectivity index (χ2n) is 3.40. The van der Waals surface area contributed by atoms with Crippen molar-refractivity contribution >= 4 is 5.78 Å². The molecule has 0 aliphatic rings. The molecule has 3 heterocycles. The molecule has 0 bridgehead atoms. The number of nitrogens with zero attached hydrogens (tertiary/aromatic N) is 8. The van der Waals surface area contributed by atoms with Crippen molar-refractivity contribution in [3.05, 3.63) is 23.8 Å². The van der Waals surface area contributed by atoms with Crippen LogP contribution in [0.3, 0.4) is 0 Å². The van der Waals surface area contributed by atoms with E-state index in [1.165, 1.54) is 10.8 Å². The Morgan fingerprint density at radius 3 is 2.75 bits per heavy atom. The summed E-state index contributed by atoms with van der Waals surface area (Å²) in [4.78, 5) is 0. The van der Waals surface area contributed by atoms with Gasteiger partial charge in [-0.3, -0.25) is 0 Å². The maximum atomic E-state index is 4.31. The standard InChI is InChI=1S/C8H8N8/c1-5-3-6(2)15(14-5)8-13-12-7-11-9-4-10-16(7)8/h3-4H,1-2H3. The molecule has 0 saturated heterocycles. The maximum absolute atomic E-state index is 4.31. The molecule has 8 nitrogen and oxygen atoms in total. The van der Waals surface area contributed by atoms with Crippen LogP contribution in [0.2, 0.25) is 0 Å². The summed E-state index contributed by atoms with van der Waals surface area (Å²) in [6, 6.07) is 1.95. The third-order valence-electron chi connectivity index (χ3n) is 2.17. The molecule has 0 aliphatic heterocycles. The molecule has 0 saturated carbocycles. The molecule has 16 heavy (non-hydrogen) atoms. The lowest BCUT2D eigenvalue weighted by molar-refractivity contribution is 0.720. The van der Waals surface area contributed by atoms with Gasteiger partial charge in [0.25, 0.3) is 11.7 Å². The van der Waals surface area contributed by atoms with Gasteiger partial charge in [-0.2, -0.15) is 9.61 Å². The van der Waals surface area contributed by atoms with Crippen molar-refractivity contribution in [2.24, 2.45) is 0 Å². The van der Waals surface area contributed by atoms with Crippen LogP contribution in [0, 0.1) is 13.8 Å². The molecule has 3 aromatic rings. The number of aryl methyl sites for hydroxylation is 2. The van der Waals surface area contributed by atoms with Crippen LogP contribution in [0.15, 0.2) is 12.4 Å². The molecule has 0 radical (unpaired) electrons. The lowest BCUT2D eigenvalue weighted by Crippen LogP contribution is -2.07. The van der Waals surface area contributed by atoms with Gasteiger partial charge < -0.3 is 0 Å². The van der Waals surface area contributed by atoms with E-state index >= 15 is 0 Å². The highest BCUT2D eigenvalue weighted by Crippen LogP contribution is 2.08. The van der Waals surface area contributed by atoms with Gasteiger partial charge in [0.1, 0.15) is 0 Å². The molecule has 0 amide bonds. The molecular weight excluding hydrogens is 208 g/mol. The second-order valence-corrected chi connectivity index (χ2v) is 3.40. The van der Waals surface area contributed by atoms with E-state index in [4.69, 9.17) is 0 Å². The molecule has 3 rings (SSSR count). The van der Waals surface area contributed by atoms with Gasteiger partial charge in [0.05, 0.1) is 5.69 Å². The van der Waals surface area contributed by atoms with Crippen LogP contribution in [-0.4, -0.2) is 39.8 Å². The Bertz CT molecular complexity index is 651. The van der Waals surface area contributed by atoms with Crippen LogP contribution >= 0.6 is 0 Å². The molecule has 80 valence electrons. The number of fused-ring (bicyclic) bond motifs is 1. The first kappa shape index (κ1) is 8.89. The van der Waals surface area contributed by atoms with Crippen molar-refractivity contribution in [2.45, 2.75) is 13.8 Å². The number of hydrogen-bond donors (Lipinski definition) is 0. The smallest absolute Gasteiger partial charge is 0.202 e. The van der Waals surface area contributed by atoms with E-state index in [-0.39, 0.29) is 0 Å². The second kappa shape index (κ2) is 3.05. The van der Waals surface area contributed by atoms with E-state index in [1.807, 2.05) is 19.9 Å². The van der Waals surface area contributed by atoms with Gasteiger partial charge >= 0.3 is 0 Å². The Balaban J connectivity index is 2.30. The van der Waals surface area contributed by atoms with Gasteiger partial charge in [-0.25, -0.2) is 4.68 Å². The highest BCUT2D eigenvalue weighted by molar-refractivity contribution is 5.29. The largest absolute Gasteiger partial charge is 0.292 e. The normalized spacial score (nSPS) is 11.1. The molecule has 3 aromatic heterocycles. The zero-order chi connectivity index (χ0) is 11.1. The molecule has 0 aromatic carbocycles. The minimum absolute atomic E-state index is 0.352. The van der Waals surface area contributed by atoms with Gasteiger partial charge in [0.15, 0.2) is 6.33 Å². The molecule has 0 spiro atoms. The van der Waals surface area contributed by atoms with Crippen LogP contribution in [0.25, 0.3) is 11.7 Å². The Morgan fingerprint density at radius 1 is 1.12 bits per heavy atom. The fraction of sp³-hybridized carbons (Fsp3) is 0.250. The van der Waals surface area contributed by atoms with Gasteiger partial charge in [0, 0.05) is 5.69 Å². The van der Waals surface area contributed by atoms with E-state index in [0.717, 1.165) is 11.4 Å². The van der Waals surface area contributed by atoms with Crippen molar-refractivity contribution in [1.82, 2.24) is 39.8 Å². The van der Waals surface area contributed by atoms with Crippen molar-refractivity contribution in [3.8, 4) is 5.95 Å². The van der Waals surface area contributed by atoms with E-state index in [1.54, 1.807) is 4.68 Å². The Hall–Kier alpha value is -2.38. The first-order chi connectivity index (χ1) is 7.75. The van der Waals surface area contributed by atoms with E-state index < -0.39 is 0 Å². The summed E-state index contributed by atoms with van der Waals surface area (Å²) in [6.45, 7) is 3.86. The van der Waals surface area contributed by atoms with Crippen molar-refractivity contribution in [3.63, 3.8) is 0 Å². The van der Waals surface area contributed by atoms with Gasteiger partial charge in [0.2, 0.25) is 0 Å². The minimum Gasteiger partial charge on any atom is -0.202 e. The highest BCUT2D eigenvalue weighted by Gasteiger charge is 2.12. The summed E-state index contributed by atoms with van der Waals surface area (Å²) in [7, 11) is 0. The van der Waals surface area contributed by atoms with Crippen LogP contribution in [0.1, 0.15) is 11.4 Å². The molecule has 0 fully saturated rings. The average Bonchev–Trinajstić information content (AvgIpc) is 2.81. The van der Waals surface area contributed by atoms with Gasteiger partial charge in [-0.1, -0.05) is 0 Å². The number of hydrogen-bond acceptors (Lipinski definition) is 6. The summed E-state index contributed by atoms with van der Waals surface area (Å²) in [6.07, 6.45) is 1.34. The lowest BCUT2D eigenvalue weighted by Gasteiger charge is -1.98. The zero-order valence-electron chi connectivity index (χ0n) is 8.73. The summed E-state index contributed by atoms with van der Waals surface area (Å²) < 4.78 is 3.16. The molecule has 8 heteroatoms. The molecule has 0 atom stereocenters. The molecule has 0 aliphatic carbocycles. The van der Waals surface area contributed by atoms with E-state index in [0.29, 0.717) is 11.7 Å². The zero-order valence-corrected chi connectivity index (χ0v) is 8.73. The summed E-state index contributed by atoms with van der Waals surface area (Å²) in [5.41, 5.74) is 1.88. The first-order valence-electron chi connectivity index (χ1n) is 4.68. The van der Waals surface area contributed by atoms with Crippen molar-refractivity contribution in [2.75, 3.05) is 0 Å². The number of rotatable bonds is 1. The third-order valence-corrected chi connectivity index (χ3v) is 2.17. The van der Waals surface area contributed by atoms with Crippen molar-refractivity contribution < 1.29 is 0 Å². The molecule has 0 unspecified atom stereocenters. The van der Waals surface area contributed by atoms with Crippen LogP contribution < -0.4 is 0 Å². The average molecular weight is 216 g/mol. The fourth-order valence-electron chi connectivity index (χ4n) is 1.54. The van der Waals surface area contributed by atoms with E-state index in [9.17, 15) is 0 Å². The van der Waals surface area contributed by atoms with Crippen molar-refractivity contribution in [1.29, 1.82) is 0 Å². The van der Waals surface area contributed by atoms with Crippen LogP contribution in [0.5, 0.6) is 0 Å². The Morgan fingerprint density at radius 2 is 2.00 bits per heavy atom. The van der Waals surface area contributed by atoms with Gasteiger partial charge in [-0.05, 0) is 19.9 Å². The maximum Gasteiger partial charge on any atom is 0.292 e. The lowest BCUT2D eigenvalue weighted by atomic mass is 10.4. The van der Waals surface area contributed by atoms with Gasteiger partial charge in [-0.15, -0.1) is 25.5 Å². The molecular formula is C8H8N8. The highest BCUT2D eigenvalue weighted by atomic mass is 15.5. The third kappa shape index (κ3) is 1.16. The number of aromatic nitrogens is 8. The summed E-state index contributed by atoms with van der Waals surface area (Å²) in [5, 5.41) is 23.6. The topological polar surface area (TPSA) is 86.7 Å². The predicted octanol–water partition coefficient (Wildman–Crippen LogP) is -0.283. The summed E-state index contributed by atoms with van der Waals surface area (Å²) >= 11 is 0. The Kier molecular flexibility index (Phi) is 1.70. The van der Waals surface area contributed by atoms with Crippen LogP contribution in [0.4, 0.5) is 0 Å². The molecule has 0 N–H and O–H groups in total. The quantitative estimate of drug-likeness (QED) is 0.555. The monoisotopic (exact) mass is 216 g/mol. The first-order valence-corrected chi connectivity index (χ1v) is 4.68. The SMILES string of the molecule is Cc1cc(C)n(-c2nnc3nncnn23)n1. The fourth-order valence-corrected chi connectivity index (χ4v) is 1.54. The van der Waals surface area contributed by atoms with Crippen LogP contribution in [-0.2, 0) is 0 Å².